The summed E-state index contributed by atoms with van der Waals surface area (Å²) in [7, 11) is 1.77. The van der Waals surface area contributed by atoms with Crippen LogP contribution in [0.3, 0.4) is 0 Å². The monoisotopic (exact) mass is 301 g/mol. The third kappa shape index (κ3) is 4.18. The summed E-state index contributed by atoms with van der Waals surface area (Å²) in [5, 5.41) is 0. The van der Waals surface area contributed by atoms with E-state index in [2.05, 4.69) is 11.9 Å². The lowest BCUT2D eigenvalue weighted by atomic mass is 10.1. The van der Waals surface area contributed by atoms with Crippen LogP contribution < -0.4 is 5.73 Å². The molecule has 0 fully saturated rings. The molecule has 0 bridgehead atoms. The molecule has 1 amide bonds. The largest absolute Gasteiger partial charge is 0.446 e. The Morgan fingerprint density at radius 3 is 2.77 bits per heavy atom. The maximum absolute atomic E-state index is 12.2. The third-order valence-corrected chi connectivity index (χ3v) is 3.55. The average Bonchev–Trinajstić information content (AvgIpc) is 3.03. The second-order valence-electron chi connectivity index (χ2n) is 5.45. The molecular weight excluding hydrogens is 278 g/mol. The number of hydrogen-bond acceptors (Lipinski definition) is 4. The number of hydrogen-bond donors (Lipinski definition) is 1. The van der Waals surface area contributed by atoms with Gasteiger partial charge in [-0.25, -0.2) is 4.98 Å². The quantitative estimate of drug-likeness (QED) is 0.853. The number of nitrogens with zero attached hydrogens (tertiary/aromatic N) is 2. The molecule has 1 heterocycles. The number of carbonyl (C=O) groups is 1. The highest BCUT2D eigenvalue weighted by Gasteiger charge is 2.19. The van der Waals surface area contributed by atoms with Crippen molar-refractivity contribution in [3.63, 3.8) is 0 Å². The number of nitrogens with two attached hydrogens (primary N) is 1. The topological polar surface area (TPSA) is 72.4 Å². The first-order valence-electron chi connectivity index (χ1n) is 7.62. The Balaban J connectivity index is 1.99. The second-order valence-corrected chi connectivity index (χ2v) is 5.45. The second kappa shape index (κ2) is 7.75. The summed E-state index contributed by atoms with van der Waals surface area (Å²) >= 11 is 0. The normalized spacial score (nSPS) is 12.1. The van der Waals surface area contributed by atoms with Gasteiger partial charge < -0.3 is 15.1 Å². The Hall–Kier alpha value is -2.14. The molecule has 0 saturated heterocycles. The lowest BCUT2D eigenvalue weighted by Crippen LogP contribution is -2.28. The zero-order valence-corrected chi connectivity index (χ0v) is 13.2. The molecule has 5 heteroatoms. The van der Waals surface area contributed by atoms with Crippen LogP contribution in [0.2, 0.25) is 0 Å². The van der Waals surface area contributed by atoms with E-state index in [1.165, 1.54) is 6.26 Å². The molecular formula is C17H23N3O2. The van der Waals surface area contributed by atoms with Gasteiger partial charge in [0.1, 0.15) is 6.26 Å². The fourth-order valence-corrected chi connectivity index (χ4v) is 2.20. The van der Waals surface area contributed by atoms with Crippen LogP contribution in [-0.2, 0) is 6.42 Å². The Morgan fingerprint density at radius 1 is 1.36 bits per heavy atom. The molecule has 0 aliphatic carbocycles. The maximum atomic E-state index is 12.2. The zero-order valence-electron chi connectivity index (χ0n) is 13.2. The molecule has 2 rings (SSSR count). The van der Waals surface area contributed by atoms with Crippen molar-refractivity contribution in [2.24, 2.45) is 5.73 Å². The molecule has 0 spiro atoms. The molecule has 2 N–H and O–H groups in total. The molecule has 1 aromatic carbocycles. The minimum atomic E-state index is -0.357. The minimum absolute atomic E-state index is 0.129. The van der Waals surface area contributed by atoms with Gasteiger partial charge in [-0.3, -0.25) is 4.79 Å². The standard InChI is InChI=1S/C17H23N3O2/c1-3-4-10-20(2)17(21)15-12-22-16(19-15)14(18)11-13-8-6-5-7-9-13/h5-9,12,14H,3-4,10-11,18H2,1-2H3. The fraction of sp³-hybridized carbons (Fsp3) is 0.412. The molecule has 5 nitrogen and oxygen atoms in total. The first-order chi connectivity index (χ1) is 10.6. The summed E-state index contributed by atoms with van der Waals surface area (Å²) in [6.45, 7) is 2.81. The Bertz CT molecular complexity index is 595. The van der Waals surface area contributed by atoms with Crippen molar-refractivity contribution >= 4 is 5.91 Å². The number of oxazole rings is 1. The van der Waals surface area contributed by atoms with Crippen molar-refractivity contribution in [2.45, 2.75) is 32.2 Å². The van der Waals surface area contributed by atoms with Gasteiger partial charge in [-0.15, -0.1) is 0 Å². The van der Waals surface area contributed by atoms with Gasteiger partial charge in [-0.1, -0.05) is 43.7 Å². The lowest BCUT2D eigenvalue weighted by molar-refractivity contribution is 0.0787. The maximum Gasteiger partial charge on any atom is 0.275 e. The van der Waals surface area contributed by atoms with E-state index in [0.29, 0.717) is 24.6 Å². The van der Waals surface area contributed by atoms with Gasteiger partial charge in [0.15, 0.2) is 5.69 Å². The van der Waals surface area contributed by atoms with E-state index >= 15 is 0 Å². The van der Waals surface area contributed by atoms with Crippen LogP contribution in [0.15, 0.2) is 41.0 Å². The Morgan fingerprint density at radius 2 is 2.09 bits per heavy atom. The van der Waals surface area contributed by atoms with Gasteiger partial charge in [-0.05, 0) is 18.4 Å². The van der Waals surface area contributed by atoms with E-state index in [-0.39, 0.29) is 11.9 Å². The Labute approximate surface area is 131 Å². The summed E-state index contributed by atoms with van der Waals surface area (Å²) in [5.74, 6) is 0.270. The van der Waals surface area contributed by atoms with E-state index in [4.69, 9.17) is 10.2 Å². The fourth-order valence-electron chi connectivity index (χ4n) is 2.20. The van der Waals surface area contributed by atoms with Crippen molar-refractivity contribution in [1.29, 1.82) is 0 Å². The summed E-state index contributed by atoms with van der Waals surface area (Å²) in [4.78, 5) is 18.1. The van der Waals surface area contributed by atoms with Gasteiger partial charge in [0, 0.05) is 13.6 Å². The molecule has 118 valence electrons. The smallest absolute Gasteiger partial charge is 0.275 e. The molecule has 0 radical (unpaired) electrons. The highest BCUT2D eigenvalue weighted by atomic mass is 16.3. The van der Waals surface area contributed by atoms with Crippen molar-refractivity contribution < 1.29 is 9.21 Å². The summed E-state index contributed by atoms with van der Waals surface area (Å²) < 4.78 is 5.39. The van der Waals surface area contributed by atoms with Crippen molar-refractivity contribution in [1.82, 2.24) is 9.88 Å². The van der Waals surface area contributed by atoms with Crippen LogP contribution >= 0.6 is 0 Å². The number of unbranched alkanes of at least 4 members (excludes halogenated alkanes) is 1. The van der Waals surface area contributed by atoms with E-state index in [9.17, 15) is 4.79 Å². The highest BCUT2D eigenvalue weighted by molar-refractivity contribution is 5.91. The SMILES string of the molecule is CCCCN(C)C(=O)c1coc(C(N)Cc2ccccc2)n1. The lowest BCUT2D eigenvalue weighted by Gasteiger charge is -2.14. The zero-order chi connectivity index (χ0) is 15.9. The molecule has 22 heavy (non-hydrogen) atoms. The van der Waals surface area contributed by atoms with Gasteiger partial charge in [0.25, 0.3) is 5.91 Å². The van der Waals surface area contributed by atoms with Gasteiger partial charge in [-0.2, -0.15) is 0 Å². The predicted molar refractivity (Wildman–Crippen MR) is 85.4 cm³/mol. The Kier molecular flexibility index (Phi) is 5.72. The average molecular weight is 301 g/mol. The molecule has 0 aliphatic rings. The van der Waals surface area contributed by atoms with Crippen LogP contribution in [0.25, 0.3) is 0 Å². The van der Waals surface area contributed by atoms with Crippen LogP contribution in [0.5, 0.6) is 0 Å². The van der Waals surface area contributed by atoms with E-state index in [0.717, 1.165) is 18.4 Å². The van der Waals surface area contributed by atoms with E-state index in [1.807, 2.05) is 30.3 Å². The first-order valence-corrected chi connectivity index (χ1v) is 7.62. The van der Waals surface area contributed by atoms with Crippen LogP contribution in [-0.4, -0.2) is 29.4 Å². The number of aromatic nitrogens is 1. The number of rotatable bonds is 7. The van der Waals surface area contributed by atoms with Gasteiger partial charge in [0.05, 0.1) is 6.04 Å². The van der Waals surface area contributed by atoms with Crippen LogP contribution in [0.1, 0.15) is 47.7 Å². The summed E-state index contributed by atoms with van der Waals surface area (Å²) in [5.41, 5.74) is 7.54. The third-order valence-electron chi connectivity index (χ3n) is 3.55. The van der Waals surface area contributed by atoms with Crippen LogP contribution in [0.4, 0.5) is 0 Å². The van der Waals surface area contributed by atoms with Crippen molar-refractivity contribution in [3.8, 4) is 0 Å². The number of carbonyl (C=O) groups excluding carboxylic acids is 1. The highest BCUT2D eigenvalue weighted by Crippen LogP contribution is 2.16. The van der Waals surface area contributed by atoms with Crippen molar-refractivity contribution in [3.05, 3.63) is 53.7 Å². The predicted octanol–water partition coefficient (Wildman–Crippen LogP) is 2.79. The molecule has 0 aliphatic heterocycles. The molecule has 1 atom stereocenters. The minimum Gasteiger partial charge on any atom is -0.446 e. The first kappa shape index (κ1) is 16.2. The van der Waals surface area contributed by atoms with E-state index < -0.39 is 0 Å². The summed E-state index contributed by atoms with van der Waals surface area (Å²) in [6, 6.07) is 9.55. The molecule has 2 aromatic rings. The molecule has 0 saturated carbocycles. The van der Waals surface area contributed by atoms with Gasteiger partial charge in [0.2, 0.25) is 5.89 Å². The summed E-state index contributed by atoms with van der Waals surface area (Å²) in [6.07, 6.45) is 4.04. The van der Waals surface area contributed by atoms with Crippen molar-refractivity contribution in [2.75, 3.05) is 13.6 Å². The van der Waals surface area contributed by atoms with Gasteiger partial charge >= 0.3 is 0 Å². The molecule has 1 aromatic heterocycles. The number of benzene rings is 1. The van der Waals surface area contributed by atoms with Crippen LogP contribution in [0, 0.1) is 0 Å². The number of amides is 1. The molecule has 1 unspecified atom stereocenters. The van der Waals surface area contributed by atoms with E-state index in [1.54, 1.807) is 11.9 Å².